The largest absolute Gasteiger partial charge is 0.508 e. The molecule has 8 nitrogen and oxygen atoms in total. The maximum Gasteiger partial charge on any atom is 0.318 e. The molecule has 10 heteroatoms. The van der Waals surface area contributed by atoms with Gasteiger partial charge in [0.05, 0.1) is 19.1 Å². The fourth-order valence-corrected chi connectivity index (χ4v) is 8.41. The van der Waals surface area contributed by atoms with Crippen LogP contribution in [0.15, 0.2) is 24.3 Å². The minimum absolute atomic E-state index is 0.115. The molecule has 2 bridgehead atoms. The van der Waals surface area contributed by atoms with Crippen LogP contribution >= 0.6 is 0 Å². The molecular formula is C33H40F2N6O2. The zero-order chi connectivity index (χ0) is 30.2. The molecule has 1 aromatic heterocycles. The van der Waals surface area contributed by atoms with Gasteiger partial charge in [0, 0.05) is 67.4 Å². The van der Waals surface area contributed by atoms with Crippen LogP contribution in [0.1, 0.15) is 57.2 Å². The van der Waals surface area contributed by atoms with Gasteiger partial charge in [0.2, 0.25) is 0 Å². The number of aromatic hydroxyl groups is 1. The average Bonchev–Trinajstić information content (AvgIpc) is 3.51. The first-order chi connectivity index (χ1) is 21.2. The molecule has 5 saturated heterocycles. The number of aryl methyl sites for hydroxylation is 1. The molecule has 0 radical (unpaired) electrons. The van der Waals surface area contributed by atoms with E-state index < -0.39 is 11.7 Å². The van der Waals surface area contributed by atoms with E-state index in [1.807, 2.05) is 6.92 Å². The molecule has 3 aromatic rings. The normalized spacial score (nSPS) is 30.5. The van der Waals surface area contributed by atoms with E-state index in [2.05, 4.69) is 20.0 Å². The number of nitrogens with one attached hydrogen (secondary N) is 1. The van der Waals surface area contributed by atoms with Crippen LogP contribution in [0.5, 0.6) is 11.8 Å². The van der Waals surface area contributed by atoms with Crippen molar-refractivity contribution in [1.82, 2.24) is 20.2 Å². The highest BCUT2D eigenvalue weighted by Crippen LogP contribution is 2.42. The van der Waals surface area contributed by atoms with Crippen molar-refractivity contribution < 1.29 is 20.0 Å². The van der Waals surface area contributed by atoms with E-state index in [1.54, 1.807) is 18.2 Å². The molecule has 0 aliphatic carbocycles. The van der Waals surface area contributed by atoms with Gasteiger partial charge in [-0.1, -0.05) is 13.0 Å². The third kappa shape index (κ3) is 4.60. The van der Waals surface area contributed by atoms with Crippen LogP contribution in [0.25, 0.3) is 10.8 Å². The summed E-state index contributed by atoms with van der Waals surface area (Å²) in [5.41, 5.74) is 2.92. The van der Waals surface area contributed by atoms with Gasteiger partial charge >= 0.3 is 6.01 Å². The van der Waals surface area contributed by atoms with Crippen molar-refractivity contribution in [3.05, 3.63) is 46.9 Å². The monoisotopic (exact) mass is 591 g/mol. The Labute approximate surface area is 252 Å². The zero-order valence-electron chi connectivity index (χ0n) is 25.7. The number of hydrogen-bond donors (Lipinski definition) is 2. The van der Waals surface area contributed by atoms with Crippen LogP contribution in [-0.2, 0) is 19.4 Å². The topological polar surface area (TPSA) is 77.0 Å². The number of aromatic nitrogens is 2. The number of fused-ring (bicyclic) bond motifs is 6. The molecule has 2 N–H and O–H groups in total. The minimum Gasteiger partial charge on any atom is -0.508 e. The van der Waals surface area contributed by atoms with Crippen LogP contribution in [0.2, 0.25) is 0 Å². The number of alkyl halides is 1. The molecule has 6 aliphatic rings. The molecule has 6 aliphatic heterocycles. The molecule has 43 heavy (non-hydrogen) atoms. The van der Waals surface area contributed by atoms with Crippen LogP contribution < -0.4 is 19.9 Å². The predicted octanol–water partition coefficient (Wildman–Crippen LogP) is 4.50. The van der Waals surface area contributed by atoms with Crippen LogP contribution in [-0.4, -0.2) is 83.1 Å². The van der Waals surface area contributed by atoms with Gasteiger partial charge in [-0.15, -0.1) is 0 Å². The zero-order valence-corrected chi connectivity index (χ0v) is 24.7. The van der Waals surface area contributed by atoms with Gasteiger partial charge in [0.15, 0.2) is 0 Å². The van der Waals surface area contributed by atoms with Gasteiger partial charge < -0.3 is 25.0 Å². The van der Waals surface area contributed by atoms with E-state index in [4.69, 9.17) is 16.1 Å². The summed E-state index contributed by atoms with van der Waals surface area (Å²) in [6, 6.07) is 7.70. The highest BCUT2D eigenvalue weighted by atomic mass is 19.1. The van der Waals surface area contributed by atoms with Gasteiger partial charge in [0.1, 0.15) is 30.1 Å². The lowest BCUT2D eigenvalue weighted by atomic mass is 9.92. The summed E-state index contributed by atoms with van der Waals surface area (Å²) in [5.74, 6) is 0.830. The molecule has 2 aromatic carbocycles. The second kappa shape index (κ2) is 10.4. The Bertz CT molecular complexity index is 1620. The number of rotatable bonds is 6. The lowest BCUT2D eigenvalue weighted by molar-refractivity contribution is 0.107. The van der Waals surface area contributed by atoms with E-state index in [0.29, 0.717) is 49.6 Å². The quantitative estimate of drug-likeness (QED) is 0.434. The molecule has 9 rings (SSSR count). The van der Waals surface area contributed by atoms with Crippen molar-refractivity contribution in [2.45, 2.75) is 82.2 Å². The van der Waals surface area contributed by atoms with Gasteiger partial charge in [-0.25, -0.2) is 8.78 Å². The van der Waals surface area contributed by atoms with Crippen molar-refractivity contribution in [1.29, 1.82) is 0 Å². The molecule has 0 saturated carbocycles. The highest BCUT2D eigenvalue weighted by Gasteiger charge is 2.49. The second-order valence-electron chi connectivity index (χ2n) is 13.1. The lowest BCUT2D eigenvalue weighted by Gasteiger charge is -2.47. The van der Waals surface area contributed by atoms with Crippen molar-refractivity contribution in [2.24, 2.45) is 0 Å². The second-order valence-corrected chi connectivity index (χ2v) is 13.1. The van der Waals surface area contributed by atoms with E-state index in [9.17, 15) is 13.9 Å². The van der Waals surface area contributed by atoms with Crippen molar-refractivity contribution in [3.63, 3.8) is 0 Å². The van der Waals surface area contributed by atoms with Crippen LogP contribution in [0.4, 0.5) is 20.3 Å². The maximum atomic E-state index is 15.0. The van der Waals surface area contributed by atoms with E-state index >= 15 is 0 Å². The van der Waals surface area contributed by atoms with Crippen molar-refractivity contribution >= 4 is 22.3 Å². The molecular weight excluding hydrogens is 550 g/mol. The molecule has 0 spiro atoms. The molecule has 228 valence electrons. The molecule has 2 unspecified atom stereocenters. The lowest BCUT2D eigenvalue weighted by Crippen LogP contribution is -2.61. The minimum atomic E-state index is -1.97. The summed E-state index contributed by atoms with van der Waals surface area (Å²) in [4.78, 5) is 16.7. The van der Waals surface area contributed by atoms with Crippen molar-refractivity contribution in [3.8, 4) is 11.8 Å². The maximum absolute atomic E-state index is 15.0. The third-order valence-corrected chi connectivity index (χ3v) is 10.6. The summed E-state index contributed by atoms with van der Waals surface area (Å²) in [7, 11) is 0. The predicted molar refractivity (Wildman–Crippen MR) is 162 cm³/mol. The SMILES string of the molecule is [2H][C@]1(F)CN2CCC[C@@]2(COc2nc3c(c(N4CC5CCC4CN5)n2)CCN(c2cc(O)cc4ccc(F)c(CC)c24)C3)C1. The Hall–Kier alpha value is -3.24. The third-order valence-electron chi connectivity index (χ3n) is 10.6. The number of phenols is 1. The Kier molecular flexibility index (Phi) is 6.36. The number of hydrogen-bond acceptors (Lipinski definition) is 8. The van der Waals surface area contributed by atoms with Crippen LogP contribution in [0.3, 0.4) is 0 Å². The van der Waals surface area contributed by atoms with Gasteiger partial charge in [-0.3, -0.25) is 4.90 Å². The fraction of sp³-hybridized carbons (Fsp3) is 0.576. The first-order valence-electron chi connectivity index (χ1n) is 16.4. The van der Waals surface area contributed by atoms with Gasteiger partial charge in [-0.05, 0) is 68.2 Å². The summed E-state index contributed by atoms with van der Waals surface area (Å²) in [6.07, 6.45) is 3.45. The Balaban J connectivity index is 1.17. The first-order valence-corrected chi connectivity index (χ1v) is 15.9. The molecule has 7 heterocycles. The number of anilines is 2. The molecule has 4 atom stereocenters. The van der Waals surface area contributed by atoms with Crippen molar-refractivity contribution in [2.75, 3.05) is 49.1 Å². The van der Waals surface area contributed by atoms with Crippen LogP contribution in [0, 0.1) is 5.82 Å². The van der Waals surface area contributed by atoms with Gasteiger partial charge in [-0.2, -0.15) is 9.97 Å². The fourth-order valence-electron chi connectivity index (χ4n) is 8.41. The Morgan fingerprint density at radius 2 is 2.12 bits per heavy atom. The average molecular weight is 592 g/mol. The van der Waals surface area contributed by atoms with E-state index in [-0.39, 0.29) is 31.1 Å². The molecule has 5 fully saturated rings. The Morgan fingerprint density at radius 1 is 1.21 bits per heavy atom. The number of ether oxygens (including phenoxy) is 1. The van der Waals surface area contributed by atoms with E-state index in [0.717, 1.165) is 78.9 Å². The van der Waals surface area contributed by atoms with Gasteiger partial charge in [0.25, 0.3) is 0 Å². The van der Waals surface area contributed by atoms with E-state index in [1.165, 1.54) is 6.07 Å². The summed E-state index contributed by atoms with van der Waals surface area (Å²) in [5, 5.41) is 15.9. The summed E-state index contributed by atoms with van der Waals surface area (Å²) in [6.45, 7) is 6.06. The summed E-state index contributed by atoms with van der Waals surface area (Å²) >= 11 is 0. The number of piperidine rings is 2. The number of benzene rings is 2. The first kappa shape index (κ1) is 26.2. The highest BCUT2D eigenvalue weighted by molar-refractivity contribution is 5.98. The number of piperazine rings is 1. The number of phenolic OH excluding ortho intramolecular Hbond substituents is 1. The summed E-state index contributed by atoms with van der Waals surface area (Å²) < 4.78 is 44.3. The number of halogens is 2. The number of nitrogens with zero attached hydrogens (tertiary/aromatic N) is 5. The standard InChI is InChI=1S/C33H40F2N6O2/c1-2-25-27(35)7-4-20-12-24(42)13-29(30(20)25)39-11-8-26-28(18-39)37-32(38-31(26)41-17-22-5-6-23(41)15-36-22)43-19-33-9-3-10-40(33)16-21(34)14-33/h4,7,12-13,21-23,36,42H,2-3,5-6,8-11,14-19H2,1H3/t21-,22?,23?,33+/m1/s1/i21D. The molecule has 0 amide bonds. The Morgan fingerprint density at radius 3 is 2.91 bits per heavy atom. The smallest absolute Gasteiger partial charge is 0.318 e.